The lowest BCUT2D eigenvalue weighted by Gasteiger charge is -2.27. The Hall–Kier alpha value is -2.46. The molecular weight excluding hydrogens is 322 g/mol. The standard InChI is InChI=1S/C19H18ClN3O/c1-13-19(14(2)24-21-13)22-9-8-16-17(20)11-23(18(16)12-22)10-15-6-4-3-5-7-15/h3-9,12H,10-11H2,1-2H3. The second kappa shape index (κ2) is 5.87. The number of aryl methyl sites for hydroxylation is 2. The molecule has 0 aliphatic carbocycles. The van der Waals surface area contributed by atoms with Crippen molar-refractivity contribution in [3.05, 3.63) is 82.1 Å². The highest BCUT2D eigenvalue weighted by atomic mass is 35.5. The summed E-state index contributed by atoms with van der Waals surface area (Å²) in [6.07, 6.45) is 6.19. The average Bonchev–Trinajstić information content (AvgIpc) is 3.08. The van der Waals surface area contributed by atoms with Crippen LogP contribution in [-0.2, 0) is 6.54 Å². The Morgan fingerprint density at radius 1 is 1.21 bits per heavy atom. The largest absolute Gasteiger partial charge is 0.360 e. The van der Waals surface area contributed by atoms with Gasteiger partial charge in [-0.25, -0.2) is 0 Å². The molecule has 0 bridgehead atoms. The lowest BCUT2D eigenvalue weighted by atomic mass is 10.1. The van der Waals surface area contributed by atoms with Gasteiger partial charge in [-0.3, -0.25) is 0 Å². The maximum atomic E-state index is 6.48. The van der Waals surface area contributed by atoms with Crippen LogP contribution >= 0.6 is 11.6 Å². The van der Waals surface area contributed by atoms with Gasteiger partial charge < -0.3 is 14.3 Å². The van der Waals surface area contributed by atoms with Crippen LogP contribution in [0.1, 0.15) is 17.0 Å². The molecular formula is C19H18ClN3O. The third-order valence-corrected chi connectivity index (χ3v) is 4.70. The first-order chi connectivity index (χ1) is 11.6. The predicted molar refractivity (Wildman–Crippen MR) is 95.4 cm³/mol. The van der Waals surface area contributed by atoms with E-state index in [-0.39, 0.29) is 0 Å². The molecule has 5 heteroatoms. The molecule has 1 aromatic carbocycles. The first kappa shape index (κ1) is 15.1. The zero-order valence-corrected chi connectivity index (χ0v) is 14.4. The number of fused-ring (bicyclic) bond motifs is 1. The first-order valence-corrected chi connectivity index (χ1v) is 8.30. The minimum Gasteiger partial charge on any atom is -0.360 e. The molecule has 24 heavy (non-hydrogen) atoms. The summed E-state index contributed by atoms with van der Waals surface area (Å²) < 4.78 is 5.30. The van der Waals surface area contributed by atoms with Gasteiger partial charge >= 0.3 is 0 Å². The van der Waals surface area contributed by atoms with Crippen LogP contribution in [0.3, 0.4) is 0 Å². The number of halogens is 1. The molecule has 3 heterocycles. The van der Waals surface area contributed by atoms with E-state index in [1.54, 1.807) is 0 Å². The molecule has 0 saturated carbocycles. The average molecular weight is 340 g/mol. The van der Waals surface area contributed by atoms with Gasteiger partial charge in [0.2, 0.25) is 0 Å². The normalized spacial score (nSPS) is 16.7. The summed E-state index contributed by atoms with van der Waals surface area (Å²) in [5.41, 5.74) is 5.35. The second-order valence-corrected chi connectivity index (χ2v) is 6.53. The molecule has 2 aliphatic rings. The number of allylic oxidation sites excluding steroid dienone is 1. The van der Waals surface area contributed by atoms with Gasteiger partial charge in [0.05, 0.1) is 12.2 Å². The molecule has 0 spiro atoms. The van der Waals surface area contributed by atoms with E-state index >= 15 is 0 Å². The van der Waals surface area contributed by atoms with Crippen LogP contribution in [0.5, 0.6) is 0 Å². The van der Waals surface area contributed by atoms with Gasteiger partial charge in [0, 0.05) is 29.6 Å². The maximum Gasteiger partial charge on any atom is 0.157 e. The fraction of sp³-hybridized carbons (Fsp3) is 0.211. The summed E-state index contributed by atoms with van der Waals surface area (Å²) in [4.78, 5) is 4.36. The third kappa shape index (κ3) is 2.53. The number of hydrogen-bond acceptors (Lipinski definition) is 4. The molecule has 2 aromatic rings. The van der Waals surface area contributed by atoms with Crippen molar-refractivity contribution < 1.29 is 4.52 Å². The van der Waals surface area contributed by atoms with Gasteiger partial charge in [0.15, 0.2) is 5.76 Å². The molecule has 0 saturated heterocycles. The lowest BCUT2D eigenvalue weighted by Crippen LogP contribution is -2.23. The van der Waals surface area contributed by atoms with E-state index in [9.17, 15) is 0 Å². The van der Waals surface area contributed by atoms with Crippen LogP contribution in [0.4, 0.5) is 5.69 Å². The minimum absolute atomic E-state index is 0.734. The summed E-state index contributed by atoms with van der Waals surface area (Å²) in [6, 6.07) is 10.4. The van der Waals surface area contributed by atoms with Crippen molar-refractivity contribution in [2.24, 2.45) is 0 Å². The number of hydrogen-bond donors (Lipinski definition) is 0. The van der Waals surface area contributed by atoms with Crippen molar-refractivity contribution in [1.82, 2.24) is 10.1 Å². The van der Waals surface area contributed by atoms with Crippen molar-refractivity contribution in [2.45, 2.75) is 20.4 Å². The molecule has 2 aliphatic heterocycles. The molecule has 4 rings (SSSR count). The molecule has 0 amide bonds. The van der Waals surface area contributed by atoms with E-state index in [2.05, 4.69) is 51.5 Å². The summed E-state index contributed by atoms with van der Waals surface area (Å²) in [5.74, 6) is 0.806. The topological polar surface area (TPSA) is 32.5 Å². The predicted octanol–water partition coefficient (Wildman–Crippen LogP) is 4.48. The summed E-state index contributed by atoms with van der Waals surface area (Å²) in [5, 5.41) is 4.93. The fourth-order valence-electron chi connectivity index (χ4n) is 3.23. The highest BCUT2D eigenvalue weighted by Crippen LogP contribution is 2.37. The van der Waals surface area contributed by atoms with Crippen LogP contribution < -0.4 is 4.90 Å². The molecule has 0 fully saturated rings. The summed E-state index contributed by atoms with van der Waals surface area (Å²) >= 11 is 6.48. The van der Waals surface area contributed by atoms with E-state index in [0.717, 1.165) is 46.5 Å². The van der Waals surface area contributed by atoms with Crippen LogP contribution in [0.15, 0.2) is 69.6 Å². The van der Waals surface area contributed by atoms with Crippen LogP contribution in [0, 0.1) is 13.8 Å². The number of rotatable bonds is 3. The Bertz CT molecular complexity index is 844. The van der Waals surface area contributed by atoms with Gasteiger partial charge in [-0.2, -0.15) is 0 Å². The Balaban J connectivity index is 1.67. The van der Waals surface area contributed by atoms with Crippen molar-refractivity contribution in [1.29, 1.82) is 0 Å². The molecule has 1 aromatic heterocycles. The van der Waals surface area contributed by atoms with E-state index in [1.807, 2.05) is 26.1 Å². The van der Waals surface area contributed by atoms with E-state index < -0.39 is 0 Å². The molecule has 0 atom stereocenters. The van der Waals surface area contributed by atoms with Gasteiger partial charge in [0.25, 0.3) is 0 Å². The maximum absolute atomic E-state index is 6.48. The quantitative estimate of drug-likeness (QED) is 0.825. The van der Waals surface area contributed by atoms with Gasteiger partial charge in [-0.15, -0.1) is 0 Å². The number of benzene rings is 1. The lowest BCUT2D eigenvalue weighted by molar-refractivity contribution is 0.392. The van der Waals surface area contributed by atoms with E-state index in [1.165, 1.54) is 5.56 Å². The zero-order chi connectivity index (χ0) is 16.7. The smallest absolute Gasteiger partial charge is 0.157 e. The molecule has 0 radical (unpaired) electrons. The summed E-state index contributed by atoms with van der Waals surface area (Å²) in [6.45, 7) is 5.44. The van der Waals surface area contributed by atoms with Crippen molar-refractivity contribution in [2.75, 3.05) is 11.4 Å². The fourth-order valence-corrected chi connectivity index (χ4v) is 3.54. The monoisotopic (exact) mass is 339 g/mol. The molecule has 0 N–H and O–H groups in total. The Kier molecular flexibility index (Phi) is 3.69. The Labute approximate surface area is 146 Å². The third-order valence-electron chi connectivity index (χ3n) is 4.37. The zero-order valence-electron chi connectivity index (χ0n) is 13.7. The summed E-state index contributed by atoms with van der Waals surface area (Å²) in [7, 11) is 0. The van der Waals surface area contributed by atoms with Crippen LogP contribution in [-0.4, -0.2) is 16.6 Å². The number of anilines is 1. The van der Waals surface area contributed by atoms with Crippen molar-refractivity contribution >= 4 is 17.3 Å². The number of aromatic nitrogens is 1. The Morgan fingerprint density at radius 2 is 2.00 bits per heavy atom. The number of nitrogens with zero attached hydrogens (tertiary/aromatic N) is 3. The van der Waals surface area contributed by atoms with E-state index in [4.69, 9.17) is 16.1 Å². The van der Waals surface area contributed by atoms with Crippen molar-refractivity contribution in [3.63, 3.8) is 0 Å². The SMILES string of the molecule is Cc1noc(C)c1N1C=CC2=C(Cl)CN(Cc3ccccc3)C2=C1. The molecule has 122 valence electrons. The van der Waals surface area contributed by atoms with E-state index in [0.29, 0.717) is 0 Å². The minimum atomic E-state index is 0.734. The molecule has 4 nitrogen and oxygen atoms in total. The first-order valence-electron chi connectivity index (χ1n) is 7.92. The molecule has 0 unspecified atom stereocenters. The highest BCUT2D eigenvalue weighted by molar-refractivity contribution is 6.31. The second-order valence-electron chi connectivity index (χ2n) is 6.07. The van der Waals surface area contributed by atoms with Crippen LogP contribution in [0.25, 0.3) is 0 Å². The van der Waals surface area contributed by atoms with Gasteiger partial charge in [-0.05, 0) is 25.5 Å². The van der Waals surface area contributed by atoms with Gasteiger partial charge in [-0.1, -0.05) is 47.1 Å². The van der Waals surface area contributed by atoms with Crippen LogP contribution in [0.2, 0.25) is 0 Å². The van der Waals surface area contributed by atoms with Gasteiger partial charge in [0.1, 0.15) is 11.4 Å². The highest BCUT2D eigenvalue weighted by Gasteiger charge is 2.28. The van der Waals surface area contributed by atoms with Crippen molar-refractivity contribution in [3.8, 4) is 0 Å². The Morgan fingerprint density at radius 3 is 2.71 bits per heavy atom.